The van der Waals surface area contributed by atoms with Crippen molar-refractivity contribution < 1.29 is 9.13 Å². The molecule has 0 aliphatic carbocycles. The standard InChI is InChI=1S/C19H11BrCl2FN3O/c1-27-19-16-11(4-5-24-19)18(25-15-3-2-9(20)6-12(15)16)26-17-13(21)7-10(23)8-14(17)22/h2-8H,1H3,(H,25,26). The summed E-state index contributed by atoms with van der Waals surface area (Å²) in [7, 11) is 1.56. The van der Waals surface area contributed by atoms with Crippen LogP contribution in [0, 0.1) is 5.82 Å². The van der Waals surface area contributed by atoms with Gasteiger partial charge in [-0.15, -0.1) is 0 Å². The Balaban J connectivity index is 2.02. The van der Waals surface area contributed by atoms with Gasteiger partial charge < -0.3 is 10.1 Å². The zero-order valence-corrected chi connectivity index (χ0v) is 17.0. The first-order chi connectivity index (χ1) is 13.0. The van der Waals surface area contributed by atoms with Crippen molar-refractivity contribution in [3.05, 3.63) is 62.9 Å². The molecule has 1 N–H and O–H groups in total. The third-order valence-corrected chi connectivity index (χ3v) is 5.16. The molecule has 4 aromatic rings. The second kappa shape index (κ2) is 7.11. The average molecular weight is 467 g/mol. The molecule has 0 amide bonds. The van der Waals surface area contributed by atoms with Gasteiger partial charge >= 0.3 is 0 Å². The van der Waals surface area contributed by atoms with Crippen molar-refractivity contribution in [3.63, 3.8) is 0 Å². The minimum atomic E-state index is -0.511. The molecule has 0 fully saturated rings. The van der Waals surface area contributed by atoms with Crippen LogP contribution in [0.2, 0.25) is 10.0 Å². The van der Waals surface area contributed by atoms with Crippen molar-refractivity contribution in [1.29, 1.82) is 0 Å². The molecule has 0 spiro atoms. The van der Waals surface area contributed by atoms with E-state index in [1.165, 1.54) is 12.1 Å². The molecule has 0 radical (unpaired) electrons. The van der Waals surface area contributed by atoms with Gasteiger partial charge in [-0.1, -0.05) is 39.1 Å². The highest BCUT2D eigenvalue weighted by molar-refractivity contribution is 9.10. The first-order valence-corrected chi connectivity index (χ1v) is 9.36. The zero-order valence-electron chi connectivity index (χ0n) is 13.9. The van der Waals surface area contributed by atoms with Gasteiger partial charge in [0.1, 0.15) is 11.6 Å². The lowest BCUT2D eigenvalue weighted by atomic mass is 10.1. The van der Waals surface area contributed by atoms with Gasteiger partial charge in [0.25, 0.3) is 0 Å². The predicted octanol–water partition coefficient (Wildman–Crippen LogP) is 6.74. The van der Waals surface area contributed by atoms with Crippen LogP contribution in [0.5, 0.6) is 5.88 Å². The average Bonchev–Trinajstić information content (AvgIpc) is 2.64. The highest BCUT2D eigenvalue weighted by atomic mass is 79.9. The maximum absolute atomic E-state index is 13.5. The second-order valence-electron chi connectivity index (χ2n) is 5.73. The number of rotatable bonds is 3. The molecule has 4 rings (SSSR count). The van der Waals surface area contributed by atoms with Crippen LogP contribution < -0.4 is 10.1 Å². The molecular weight excluding hydrogens is 456 g/mol. The monoisotopic (exact) mass is 465 g/mol. The molecule has 27 heavy (non-hydrogen) atoms. The number of hydrogen-bond donors (Lipinski definition) is 1. The lowest BCUT2D eigenvalue weighted by Gasteiger charge is -2.15. The van der Waals surface area contributed by atoms with Gasteiger partial charge in [0.05, 0.1) is 33.7 Å². The minimum absolute atomic E-state index is 0.159. The normalized spacial score (nSPS) is 11.1. The molecule has 2 aromatic heterocycles. The van der Waals surface area contributed by atoms with E-state index in [4.69, 9.17) is 32.9 Å². The molecule has 0 aliphatic rings. The topological polar surface area (TPSA) is 47.0 Å². The number of methoxy groups -OCH3 is 1. The predicted molar refractivity (Wildman–Crippen MR) is 111 cm³/mol. The molecule has 0 saturated heterocycles. The number of halogens is 4. The summed E-state index contributed by atoms with van der Waals surface area (Å²) in [6.07, 6.45) is 1.63. The number of pyridine rings is 2. The van der Waals surface area contributed by atoms with Gasteiger partial charge in [0.15, 0.2) is 0 Å². The lowest BCUT2D eigenvalue weighted by Crippen LogP contribution is -2.00. The Hall–Kier alpha value is -2.15. The SMILES string of the molecule is COc1nccc2c(Nc3c(Cl)cc(F)cc3Cl)nc3ccc(Br)cc3c12. The van der Waals surface area contributed by atoms with Crippen molar-refractivity contribution >= 4 is 72.3 Å². The fourth-order valence-electron chi connectivity index (χ4n) is 2.92. The number of anilines is 2. The second-order valence-corrected chi connectivity index (χ2v) is 7.46. The van der Waals surface area contributed by atoms with Crippen molar-refractivity contribution in [3.8, 4) is 5.88 Å². The van der Waals surface area contributed by atoms with Crippen molar-refractivity contribution in [2.75, 3.05) is 12.4 Å². The van der Waals surface area contributed by atoms with Crippen LogP contribution in [0.1, 0.15) is 0 Å². The summed E-state index contributed by atoms with van der Waals surface area (Å²) in [6, 6.07) is 9.93. The number of aromatic nitrogens is 2. The fourth-order valence-corrected chi connectivity index (χ4v) is 3.83. The Morgan fingerprint density at radius 1 is 1.07 bits per heavy atom. The maximum Gasteiger partial charge on any atom is 0.221 e. The Morgan fingerprint density at radius 2 is 1.81 bits per heavy atom. The Labute approximate surface area is 172 Å². The lowest BCUT2D eigenvalue weighted by molar-refractivity contribution is 0.403. The first-order valence-electron chi connectivity index (χ1n) is 7.81. The van der Waals surface area contributed by atoms with Gasteiger partial charge in [-0.05, 0) is 36.4 Å². The maximum atomic E-state index is 13.5. The van der Waals surface area contributed by atoms with Crippen molar-refractivity contribution in [2.45, 2.75) is 0 Å². The summed E-state index contributed by atoms with van der Waals surface area (Å²) >= 11 is 15.8. The number of nitrogens with one attached hydrogen (secondary N) is 1. The van der Waals surface area contributed by atoms with Crippen molar-refractivity contribution in [2.24, 2.45) is 0 Å². The van der Waals surface area contributed by atoms with E-state index in [1.807, 2.05) is 24.3 Å². The fraction of sp³-hybridized carbons (Fsp3) is 0.0526. The summed E-state index contributed by atoms with van der Waals surface area (Å²) in [5.74, 6) is 0.468. The van der Waals surface area contributed by atoms with Crippen LogP contribution >= 0.6 is 39.1 Å². The van der Waals surface area contributed by atoms with Gasteiger partial charge in [0.2, 0.25) is 5.88 Å². The van der Waals surface area contributed by atoms with Crippen LogP contribution in [-0.4, -0.2) is 17.1 Å². The van der Waals surface area contributed by atoms with E-state index in [1.54, 1.807) is 13.3 Å². The molecule has 136 valence electrons. The van der Waals surface area contributed by atoms with E-state index in [0.717, 1.165) is 26.1 Å². The quantitative estimate of drug-likeness (QED) is 0.339. The van der Waals surface area contributed by atoms with Gasteiger partial charge in [-0.25, -0.2) is 14.4 Å². The van der Waals surface area contributed by atoms with Gasteiger partial charge in [0, 0.05) is 21.4 Å². The van der Waals surface area contributed by atoms with E-state index in [-0.39, 0.29) is 10.0 Å². The summed E-state index contributed by atoms with van der Waals surface area (Å²) in [4.78, 5) is 9.00. The molecule has 0 atom stereocenters. The molecule has 0 unspecified atom stereocenters. The molecule has 4 nitrogen and oxygen atoms in total. The summed E-state index contributed by atoms with van der Waals surface area (Å²) < 4.78 is 19.9. The van der Waals surface area contributed by atoms with Crippen LogP contribution in [0.15, 0.2) is 47.1 Å². The van der Waals surface area contributed by atoms with Crippen LogP contribution in [0.4, 0.5) is 15.9 Å². The molecule has 2 aromatic carbocycles. The zero-order chi connectivity index (χ0) is 19.1. The van der Waals surface area contributed by atoms with Crippen LogP contribution in [0.3, 0.4) is 0 Å². The van der Waals surface area contributed by atoms with E-state index in [9.17, 15) is 4.39 Å². The van der Waals surface area contributed by atoms with E-state index in [2.05, 4.69) is 26.2 Å². The number of benzene rings is 2. The Kier molecular flexibility index (Phi) is 4.80. The molecule has 8 heteroatoms. The number of hydrogen-bond acceptors (Lipinski definition) is 4. The smallest absolute Gasteiger partial charge is 0.221 e. The Morgan fingerprint density at radius 3 is 2.52 bits per heavy atom. The molecule has 2 heterocycles. The molecule has 0 aliphatic heterocycles. The van der Waals surface area contributed by atoms with Crippen molar-refractivity contribution in [1.82, 2.24) is 9.97 Å². The molecule has 0 saturated carbocycles. The highest BCUT2D eigenvalue weighted by Gasteiger charge is 2.16. The number of fused-ring (bicyclic) bond motifs is 3. The highest BCUT2D eigenvalue weighted by Crippen LogP contribution is 2.39. The van der Waals surface area contributed by atoms with Crippen LogP contribution in [-0.2, 0) is 0 Å². The van der Waals surface area contributed by atoms with E-state index >= 15 is 0 Å². The minimum Gasteiger partial charge on any atom is -0.481 e. The largest absolute Gasteiger partial charge is 0.481 e. The van der Waals surface area contributed by atoms with Crippen LogP contribution in [0.25, 0.3) is 21.7 Å². The molecular formula is C19H11BrCl2FN3O. The third-order valence-electron chi connectivity index (χ3n) is 4.08. The summed E-state index contributed by atoms with van der Waals surface area (Å²) in [5, 5.41) is 5.89. The first kappa shape index (κ1) is 18.2. The third kappa shape index (κ3) is 3.29. The Bertz CT molecular complexity index is 1180. The summed E-state index contributed by atoms with van der Waals surface area (Å²) in [5.41, 5.74) is 1.11. The van der Waals surface area contributed by atoms with Gasteiger partial charge in [-0.2, -0.15) is 0 Å². The van der Waals surface area contributed by atoms with E-state index in [0.29, 0.717) is 17.4 Å². The number of ether oxygens (including phenoxy) is 1. The number of nitrogens with zero attached hydrogens (tertiary/aromatic N) is 2. The van der Waals surface area contributed by atoms with E-state index < -0.39 is 5.82 Å². The summed E-state index contributed by atoms with van der Waals surface area (Å²) in [6.45, 7) is 0. The van der Waals surface area contributed by atoms with Gasteiger partial charge in [-0.3, -0.25) is 0 Å². The molecule has 0 bridgehead atoms.